The molecule has 1 saturated carbocycles. The second-order valence-corrected chi connectivity index (χ2v) is 11.9. The molecule has 3 unspecified atom stereocenters. The maximum atomic E-state index is 15.5. The van der Waals surface area contributed by atoms with Crippen LogP contribution in [0.2, 0.25) is 0 Å². The molecule has 1 aromatic heterocycles. The molecule has 0 spiro atoms. The largest absolute Gasteiger partial charge is 0.366 e. The van der Waals surface area contributed by atoms with E-state index in [1.54, 1.807) is 49.4 Å². The predicted octanol–water partition coefficient (Wildman–Crippen LogP) is 5.46. The molecule has 44 heavy (non-hydrogen) atoms. The molecule has 0 saturated heterocycles. The minimum Gasteiger partial charge on any atom is -0.366 e. The zero-order valence-corrected chi connectivity index (χ0v) is 25.0. The van der Waals surface area contributed by atoms with Crippen molar-refractivity contribution in [2.45, 2.75) is 57.5 Å². The van der Waals surface area contributed by atoms with Gasteiger partial charge in [0, 0.05) is 24.1 Å². The summed E-state index contributed by atoms with van der Waals surface area (Å²) in [5.41, 5.74) is 21.6. The number of primary amides is 1. The Kier molecular flexibility index (Phi) is 8.77. The van der Waals surface area contributed by atoms with Gasteiger partial charge in [0.25, 0.3) is 0 Å². The molecule has 9 heteroatoms. The van der Waals surface area contributed by atoms with Crippen molar-refractivity contribution in [1.82, 2.24) is 9.78 Å². The van der Waals surface area contributed by atoms with Gasteiger partial charge in [-0.2, -0.15) is 10.4 Å². The zero-order chi connectivity index (χ0) is 31.6. The van der Waals surface area contributed by atoms with E-state index in [1.807, 2.05) is 31.2 Å². The van der Waals surface area contributed by atoms with Gasteiger partial charge in [-0.05, 0) is 77.3 Å². The normalized spacial score (nSPS) is 15.6. The average Bonchev–Trinajstić information content (AvgIpc) is 3.78. The van der Waals surface area contributed by atoms with Crippen molar-refractivity contribution in [3.63, 3.8) is 0 Å². The van der Waals surface area contributed by atoms with Crippen LogP contribution in [0.15, 0.2) is 72.8 Å². The molecule has 0 bridgehead atoms. The van der Waals surface area contributed by atoms with Gasteiger partial charge < -0.3 is 17.2 Å². The van der Waals surface area contributed by atoms with Gasteiger partial charge in [0.15, 0.2) is 11.5 Å². The molecule has 3 aromatic carbocycles. The number of ketones is 1. The van der Waals surface area contributed by atoms with E-state index in [9.17, 15) is 14.9 Å². The number of nitrogens with zero attached hydrogens (tertiary/aromatic N) is 3. The second-order valence-electron chi connectivity index (χ2n) is 11.9. The van der Waals surface area contributed by atoms with E-state index < -0.39 is 29.1 Å². The number of amides is 1. The number of nitrogens with two attached hydrogens (primary N) is 3. The monoisotopic (exact) mass is 592 g/mol. The van der Waals surface area contributed by atoms with Gasteiger partial charge in [-0.25, -0.2) is 9.07 Å². The minimum atomic E-state index is -0.942. The first-order valence-electron chi connectivity index (χ1n) is 14.9. The van der Waals surface area contributed by atoms with Crippen LogP contribution in [0.3, 0.4) is 0 Å². The lowest BCUT2D eigenvalue weighted by Gasteiger charge is -2.32. The lowest BCUT2D eigenvalue weighted by molar-refractivity contribution is 0.0906. The summed E-state index contributed by atoms with van der Waals surface area (Å²) in [5, 5.41) is 13.9. The van der Waals surface area contributed by atoms with Crippen LogP contribution in [0.5, 0.6) is 0 Å². The fourth-order valence-electron chi connectivity index (χ4n) is 5.75. The molecule has 1 aliphatic rings. The Labute approximate surface area is 256 Å². The van der Waals surface area contributed by atoms with Crippen molar-refractivity contribution < 1.29 is 14.0 Å². The molecule has 0 aliphatic heterocycles. The summed E-state index contributed by atoms with van der Waals surface area (Å²) in [4.78, 5) is 25.6. The van der Waals surface area contributed by atoms with Gasteiger partial charge >= 0.3 is 0 Å². The summed E-state index contributed by atoms with van der Waals surface area (Å²) in [6.07, 6.45) is 3.90. The number of Topliss-reactive ketones (excluding diaryl/α,β-unsaturated/α-hetero) is 1. The van der Waals surface area contributed by atoms with E-state index in [0.29, 0.717) is 35.7 Å². The first-order chi connectivity index (χ1) is 21.0. The smallest absolute Gasteiger partial charge is 0.248 e. The average molecular weight is 593 g/mol. The fourth-order valence-corrected chi connectivity index (χ4v) is 5.75. The summed E-state index contributed by atoms with van der Waals surface area (Å²) < 4.78 is 17.0. The number of hydrogen-bond donors (Lipinski definition) is 3. The number of rotatable bonds is 12. The van der Waals surface area contributed by atoms with Crippen molar-refractivity contribution in [1.29, 1.82) is 5.26 Å². The third-order valence-electron chi connectivity index (χ3n) is 8.96. The van der Waals surface area contributed by atoms with E-state index in [-0.39, 0.29) is 17.2 Å². The summed E-state index contributed by atoms with van der Waals surface area (Å²) in [7, 11) is 0. The first kappa shape index (κ1) is 30.8. The van der Waals surface area contributed by atoms with Crippen LogP contribution in [0.1, 0.15) is 94.2 Å². The van der Waals surface area contributed by atoms with E-state index in [0.717, 1.165) is 23.1 Å². The Morgan fingerprint density at radius 1 is 1.07 bits per heavy atom. The Bertz CT molecular complexity index is 1740. The standard InChI is InChI=1S/C35H37FN6O2/c1-21(22(2)33(43)32-18-28(20-38)41-42(32)29-5-3-4-24(16-29)19-37)30-17-27(12-13-31(30)36)35(40,15-14-23-6-7-23)26-10-8-25(9-11-26)34(39)44/h3-5,8-13,16-18,21-23H,6-7,14-15,19,37,40H2,1-2H3,(H2,39,44). The molecular weight excluding hydrogens is 555 g/mol. The van der Waals surface area contributed by atoms with Gasteiger partial charge in [-0.15, -0.1) is 0 Å². The Balaban J connectivity index is 1.49. The number of hydrogen-bond acceptors (Lipinski definition) is 6. The lowest BCUT2D eigenvalue weighted by Crippen LogP contribution is -2.38. The number of carbonyl (C=O) groups is 2. The number of aromatic nitrogens is 2. The molecule has 226 valence electrons. The van der Waals surface area contributed by atoms with Crippen LogP contribution in [-0.2, 0) is 12.1 Å². The van der Waals surface area contributed by atoms with E-state index >= 15 is 4.39 Å². The molecular formula is C35H37FN6O2. The number of benzene rings is 3. The Morgan fingerprint density at radius 3 is 2.41 bits per heavy atom. The molecule has 5 rings (SSSR count). The van der Waals surface area contributed by atoms with Gasteiger partial charge in [0.05, 0.1) is 11.2 Å². The van der Waals surface area contributed by atoms with Crippen LogP contribution in [0, 0.1) is 29.0 Å². The van der Waals surface area contributed by atoms with Gasteiger partial charge in [-0.1, -0.05) is 63.1 Å². The molecule has 4 aromatic rings. The van der Waals surface area contributed by atoms with Crippen LogP contribution >= 0.6 is 0 Å². The van der Waals surface area contributed by atoms with Gasteiger partial charge in [0.1, 0.15) is 17.6 Å². The van der Waals surface area contributed by atoms with E-state index in [2.05, 4.69) is 5.10 Å². The van der Waals surface area contributed by atoms with Crippen LogP contribution in [-0.4, -0.2) is 21.5 Å². The van der Waals surface area contributed by atoms with E-state index in [1.165, 1.54) is 29.7 Å². The molecule has 1 heterocycles. The summed E-state index contributed by atoms with van der Waals surface area (Å²) >= 11 is 0. The van der Waals surface area contributed by atoms with Crippen molar-refractivity contribution in [2.24, 2.45) is 29.0 Å². The molecule has 1 aliphatic carbocycles. The van der Waals surface area contributed by atoms with Crippen molar-refractivity contribution in [3.8, 4) is 11.8 Å². The van der Waals surface area contributed by atoms with Crippen LogP contribution in [0.25, 0.3) is 5.69 Å². The third kappa shape index (κ3) is 6.18. The van der Waals surface area contributed by atoms with Crippen molar-refractivity contribution in [2.75, 3.05) is 0 Å². The highest BCUT2D eigenvalue weighted by Crippen LogP contribution is 2.41. The van der Waals surface area contributed by atoms with Crippen molar-refractivity contribution in [3.05, 3.63) is 118 Å². The Morgan fingerprint density at radius 2 is 1.77 bits per heavy atom. The third-order valence-corrected chi connectivity index (χ3v) is 8.96. The molecule has 8 nitrogen and oxygen atoms in total. The molecule has 0 radical (unpaired) electrons. The summed E-state index contributed by atoms with van der Waals surface area (Å²) in [5.74, 6) is -1.80. The van der Waals surface area contributed by atoms with Crippen molar-refractivity contribution >= 4 is 11.7 Å². The first-order valence-corrected chi connectivity index (χ1v) is 14.9. The number of halogens is 1. The SMILES string of the molecule is CC(C(=O)c1cc(C#N)nn1-c1cccc(CN)c1)C(C)c1cc(C(N)(CCC2CC2)c2ccc(C(N)=O)cc2)ccc1F. The molecule has 3 atom stereocenters. The molecule has 6 N–H and O–H groups in total. The quantitative estimate of drug-likeness (QED) is 0.186. The van der Waals surface area contributed by atoms with Crippen LogP contribution < -0.4 is 17.2 Å². The number of nitriles is 1. The highest BCUT2D eigenvalue weighted by Gasteiger charge is 2.35. The molecule has 1 amide bonds. The summed E-state index contributed by atoms with van der Waals surface area (Å²) in [6, 6.07) is 22.6. The zero-order valence-electron chi connectivity index (χ0n) is 25.0. The highest BCUT2D eigenvalue weighted by molar-refractivity contribution is 5.97. The predicted molar refractivity (Wildman–Crippen MR) is 166 cm³/mol. The van der Waals surface area contributed by atoms with Crippen LogP contribution in [0.4, 0.5) is 4.39 Å². The highest BCUT2D eigenvalue weighted by atomic mass is 19.1. The van der Waals surface area contributed by atoms with Gasteiger partial charge in [0.2, 0.25) is 5.91 Å². The summed E-state index contributed by atoms with van der Waals surface area (Å²) in [6.45, 7) is 3.88. The topological polar surface area (TPSA) is 154 Å². The Hall–Kier alpha value is -4.65. The second kappa shape index (κ2) is 12.5. The lowest BCUT2D eigenvalue weighted by atomic mass is 9.77. The van der Waals surface area contributed by atoms with E-state index in [4.69, 9.17) is 17.2 Å². The maximum Gasteiger partial charge on any atom is 0.248 e. The number of carbonyl (C=O) groups excluding carboxylic acids is 2. The van der Waals surface area contributed by atoms with Gasteiger partial charge in [-0.3, -0.25) is 9.59 Å². The molecule has 1 fully saturated rings. The minimum absolute atomic E-state index is 0.102. The maximum absolute atomic E-state index is 15.5. The fraction of sp³-hybridized carbons (Fsp3) is 0.314.